The summed E-state index contributed by atoms with van der Waals surface area (Å²) in [5.74, 6) is 0.382. The first-order valence-corrected chi connectivity index (χ1v) is 6.18. The van der Waals surface area contributed by atoms with Crippen LogP contribution < -0.4 is 0 Å². The quantitative estimate of drug-likeness (QED) is 0.634. The van der Waals surface area contributed by atoms with E-state index in [2.05, 4.69) is 0 Å². The molecule has 0 saturated carbocycles. The second-order valence-electron chi connectivity index (χ2n) is 4.63. The molecule has 0 saturated heterocycles. The molecule has 0 unspecified atom stereocenters. The second-order valence-corrected chi connectivity index (χ2v) is 4.63. The monoisotopic (exact) mass is 250 g/mol. The number of hydrogen-bond donors (Lipinski definition) is 2. The molecule has 19 heavy (non-hydrogen) atoms. The fraction of sp³-hybridized carbons (Fsp3) is 0.0588. The maximum Gasteiger partial charge on any atom is 0.123 e. The number of phenolic OH excluding ortho intramolecular Hbond substituents is 2. The van der Waals surface area contributed by atoms with Crippen molar-refractivity contribution in [3.8, 4) is 22.6 Å². The number of rotatable bonds is 1. The predicted molar refractivity (Wildman–Crippen MR) is 77.5 cm³/mol. The van der Waals surface area contributed by atoms with Crippen molar-refractivity contribution in [1.82, 2.24) is 0 Å². The van der Waals surface area contributed by atoms with Gasteiger partial charge in [0.25, 0.3) is 0 Å². The zero-order valence-electron chi connectivity index (χ0n) is 10.6. The van der Waals surface area contributed by atoms with Crippen molar-refractivity contribution in [1.29, 1.82) is 0 Å². The van der Waals surface area contributed by atoms with Gasteiger partial charge in [-0.15, -0.1) is 0 Å². The van der Waals surface area contributed by atoms with E-state index in [1.165, 1.54) is 12.1 Å². The summed E-state index contributed by atoms with van der Waals surface area (Å²) in [5.41, 5.74) is 2.32. The molecule has 0 fully saturated rings. The lowest BCUT2D eigenvalue weighted by Crippen LogP contribution is -1.87. The van der Waals surface area contributed by atoms with Crippen LogP contribution in [0.3, 0.4) is 0 Å². The summed E-state index contributed by atoms with van der Waals surface area (Å²) in [4.78, 5) is 0. The van der Waals surface area contributed by atoms with E-state index in [0.717, 1.165) is 16.3 Å². The van der Waals surface area contributed by atoms with Gasteiger partial charge in [0.05, 0.1) is 0 Å². The molecule has 0 atom stereocenters. The Hall–Kier alpha value is -2.48. The second kappa shape index (κ2) is 4.32. The van der Waals surface area contributed by atoms with Crippen molar-refractivity contribution in [3.63, 3.8) is 0 Å². The Kier molecular flexibility index (Phi) is 2.64. The van der Waals surface area contributed by atoms with Crippen molar-refractivity contribution in [2.45, 2.75) is 6.92 Å². The van der Waals surface area contributed by atoms with Crippen LogP contribution in [-0.2, 0) is 0 Å². The van der Waals surface area contributed by atoms with Gasteiger partial charge in [-0.1, -0.05) is 42.5 Å². The highest BCUT2D eigenvalue weighted by Gasteiger charge is 2.13. The maximum absolute atomic E-state index is 10.1. The molecule has 3 rings (SSSR count). The molecule has 0 spiro atoms. The van der Waals surface area contributed by atoms with E-state index in [0.29, 0.717) is 11.1 Å². The Morgan fingerprint density at radius 1 is 0.737 bits per heavy atom. The summed E-state index contributed by atoms with van der Waals surface area (Å²) in [6.45, 7) is 1.81. The van der Waals surface area contributed by atoms with Gasteiger partial charge in [0.1, 0.15) is 11.5 Å². The van der Waals surface area contributed by atoms with Crippen molar-refractivity contribution in [2.24, 2.45) is 0 Å². The third kappa shape index (κ3) is 1.82. The first-order valence-electron chi connectivity index (χ1n) is 6.18. The molecule has 0 radical (unpaired) electrons. The smallest absolute Gasteiger partial charge is 0.123 e. The van der Waals surface area contributed by atoms with Gasteiger partial charge in [-0.3, -0.25) is 0 Å². The van der Waals surface area contributed by atoms with Crippen LogP contribution in [0.1, 0.15) is 5.56 Å². The molecular weight excluding hydrogens is 236 g/mol. The lowest BCUT2D eigenvalue weighted by Gasteiger charge is -2.12. The van der Waals surface area contributed by atoms with Gasteiger partial charge in [-0.25, -0.2) is 0 Å². The average molecular weight is 250 g/mol. The van der Waals surface area contributed by atoms with Crippen LogP contribution in [0.4, 0.5) is 0 Å². The Bertz CT molecular complexity index is 755. The fourth-order valence-corrected chi connectivity index (χ4v) is 2.47. The van der Waals surface area contributed by atoms with E-state index in [1.54, 1.807) is 0 Å². The number of fused-ring (bicyclic) bond motifs is 1. The first-order chi connectivity index (χ1) is 9.18. The number of phenols is 2. The molecule has 0 amide bonds. The molecule has 3 aromatic carbocycles. The predicted octanol–water partition coefficient (Wildman–Crippen LogP) is 4.23. The molecule has 0 aliphatic heterocycles. The third-order valence-corrected chi connectivity index (χ3v) is 3.47. The minimum Gasteiger partial charge on any atom is -0.508 e. The van der Waals surface area contributed by atoms with Gasteiger partial charge in [-0.2, -0.15) is 0 Å². The summed E-state index contributed by atoms with van der Waals surface area (Å²) in [6.07, 6.45) is 0. The zero-order valence-corrected chi connectivity index (χ0v) is 10.6. The lowest BCUT2D eigenvalue weighted by molar-refractivity contribution is 0.458. The van der Waals surface area contributed by atoms with Gasteiger partial charge < -0.3 is 10.2 Å². The maximum atomic E-state index is 10.1. The SMILES string of the molecule is Cc1c(O)ccc(O)c1-c1cccc2ccccc12. The number of hydrogen-bond acceptors (Lipinski definition) is 2. The zero-order chi connectivity index (χ0) is 13.4. The van der Waals surface area contributed by atoms with Crippen molar-refractivity contribution >= 4 is 10.8 Å². The summed E-state index contributed by atoms with van der Waals surface area (Å²) in [7, 11) is 0. The highest BCUT2D eigenvalue weighted by atomic mass is 16.3. The molecule has 0 heterocycles. The van der Waals surface area contributed by atoms with Gasteiger partial charge in [-0.05, 0) is 35.4 Å². The average Bonchev–Trinajstić information content (AvgIpc) is 2.44. The summed E-state index contributed by atoms with van der Waals surface area (Å²) < 4.78 is 0. The van der Waals surface area contributed by atoms with E-state index in [-0.39, 0.29) is 11.5 Å². The van der Waals surface area contributed by atoms with Crippen molar-refractivity contribution in [2.75, 3.05) is 0 Å². The summed E-state index contributed by atoms with van der Waals surface area (Å²) >= 11 is 0. The molecule has 0 bridgehead atoms. The van der Waals surface area contributed by atoms with Crippen LogP contribution in [0.15, 0.2) is 54.6 Å². The normalized spacial score (nSPS) is 10.8. The minimum atomic E-state index is 0.187. The number of benzene rings is 3. The van der Waals surface area contributed by atoms with Crippen molar-refractivity contribution < 1.29 is 10.2 Å². The van der Waals surface area contributed by atoms with E-state index in [9.17, 15) is 10.2 Å². The van der Waals surface area contributed by atoms with E-state index in [1.807, 2.05) is 49.4 Å². The molecular formula is C17H14O2. The van der Waals surface area contributed by atoms with Gasteiger partial charge in [0, 0.05) is 11.1 Å². The van der Waals surface area contributed by atoms with Crippen molar-refractivity contribution in [3.05, 3.63) is 60.2 Å². The molecule has 0 aliphatic carbocycles. The van der Waals surface area contributed by atoms with Crippen LogP contribution in [0.25, 0.3) is 21.9 Å². The molecule has 94 valence electrons. The summed E-state index contributed by atoms with van der Waals surface area (Å²) in [5, 5.41) is 22.1. The first kappa shape index (κ1) is 11.6. The van der Waals surface area contributed by atoms with Gasteiger partial charge in [0.2, 0.25) is 0 Å². The van der Waals surface area contributed by atoms with Gasteiger partial charge >= 0.3 is 0 Å². The van der Waals surface area contributed by atoms with E-state index >= 15 is 0 Å². The summed E-state index contributed by atoms with van der Waals surface area (Å²) in [6, 6.07) is 17.0. The molecule has 0 aliphatic rings. The number of aromatic hydroxyl groups is 2. The topological polar surface area (TPSA) is 40.5 Å². The molecule has 3 aromatic rings. The highest BCUT2D eigenvalue weighted by Crippen LogP contribution is 2.39. The molecule has 2 N–H and O–H groups in total. The van der Waals surface area contributed by atoms with Crippen LogP contribution in [0, 0.1) is 6.92 Å². The van der Waals surface area contributed by atoms with Crippen LogP contribution in [0.5, 0.6) is 11.5 Å². The van der Waals surface area contributed by atoms with Crippen LogP contribution in [-0.4, -0.2) is 10.2 Å². The van der Waals surface area contributed by atoms with Crippen LogP contribution in [0.2, 0.25) is 0 Å². The Morgan fingerprint density at radius 2 is 1.42 bits per heavy atom. The van der Waals surface area contributed by atoms with Gasteiger partial charge in [0.15, 0.2) is 0 Å². The third-order valence-electron chi connectivity index (χ3n) is 3.47. The molecule has 0 aromatic heterocycles. The molecule has 2 heteroatoms. The Labute approximate surface area is 111 Å². The highest BCUT2D eigenvalue weighted by molar-refractivity contribution is 5.99. The van der Waals surface area contributed by atoms with E-state index in [4.69, 9.17) is 0 Å². The minimum absolute atomic E-state index is 0.187. The van der Waals surface area contributed by atoms with E-state index < -0.39 is 0 Å². The Morgan fingerprint density at radius 3 is 2.26 bits per heavy atom. The largest absolute Gasteiger partial charge is 0.508 e. The Balaban J connectivity index is 2.40. The lowest BCUT2D eigenvalue weighted by atomic mass is 9.94. The van der Waals surface area contributed by atoms with Crippen LogP contribution >= 0.6 is 0 Å². The standard InChI is InChI=1S/C17H14O2/c1-11-15(18)9-10-16(19)17(11)14-8-4-6-12-5-2-3-7-13(12)14/h2-10,18-19H,1H3. The fourth-order valence-electron chi connectivity index (χ4n) is 2.47. The molecule has 2 nitrogen and oxygen atoms in total.